The Labute approximate surface area is 105 Å². The second kappa shape index (κ2) is 6.66. The zero-order valence-electron chi connectivity index (χ0n) is 10.1. The minimum absolute atomic E-state index is 0.0407. The molecular weight excluding hydrogens is 240 g/mol. The van der Waals surface area contributed by atoms with Crippen molar-refractivity contribution >= 4 is 0 Å². The van der Waals surface area contributed by atoms with Gasteiger partial charge in [-0.3, -0.25) is 0 Å². The van der Waals surface area contributed by atoms with E-state index in [4.69, 9.17) is 9.47 Å². The number of hydrogen-bond donors (Lipinski definition) is 1. The van der Waals surface area contributed by atoms with Gasteiger partial charge >= 0.3 is 0 Å². The third-order valence-electron chi connectivity index (χ3n) is 2.89. The van der Waals surface area contributed by atoms with Crippen LogP contribution in [0, 0.1) is 17.6 Å². The molecule has 1 aliphatic rings. The molecule has 1 aromatic carbocycles. The van der Waals surface area contributed by atoms with Crippen LogP contribution < -0.4 is 10.1 Å². The predicted molar refractivity (Wildman–Crippen MR) is 63.6 cm³/mol. The molecule has 100 valence electrons. The van der Waals surface area contributed by atoms with Gasteiger partial charge in [0.05, 0.1) is 6.61 Å². The zero-order chi connectivity index (χ0) is 12.8. The quantitative estimate of drug-likeness (QED) is 0.790. The van der Waals surface area contributed by atoms with E-state index in [-0.39, 0.29) is 5.75 Å². The van der Waals surface area contributed by atoms with Crippen molar-refractivity contribution in [2.45, 2.75) is 6.42 Å². The van der Waals surface area contributed by atoms with Crippen molar-refractivity contribution in [3.63, 3.8) is 0 Å². The van der Waals surface area contributed by atoms with Gasteiger partial charge in [-0.2, -0.15) is 0 Å². The molecule has 0 saturated carbocycles. The van der Waals surface area contributed by atoms with E-state index in [1.54, 1.807) is 0 Å². The monoisotopic (exact) mass is 257 g/mol. The first kappa shape index (κ1) is 13.2. The van der Waals surface area contributed by atoms with E-state index < -0.39 is 11.6 Å². The van der Waals surface area contributed by atoms with E-state index in [1.807, 2.05) is 0 Å². The number of halogens is 2. The van der Waals surface area contributed by atoms with Gasteiger partial charge in [-0.05, 0) is 24.5 Å². The second-order valence-electron chi connectivity index (χ2n) is 4.36. The maximum atomic E-state index is 13.2. The van der Waals surface area contributed by atoms with Crippen molar-refractivity contribution in [1.29, 1.82) is 0 Å². The lowest BCUT2D eigenvalue weighted by atomic mass is 10.1. The van der Waals surface area contributed by atoms with E-state index >= 15 is 0 Å². The molecule has 1 atom stereocenters. The summed E-state index contributed by atoms with van der Waals surface area (Å²) in [5, 5.41) is 3.21. The molecular formula is C13H17F2NO2. The van der Waals surface area contributed by atoms with E-state index in [0.717, 1.165) is 44.4 Å². The molecule has 1 saturated heterocycles. The van der Waals surface area contributed by atoms with Gasteiger partial charge in [0, 0.05) is 25.8 Å². The van der Waals surface area contributed by atoms with Crippen LogP contribution in [-0.2, 0) is 4.74 Å². The molecule has 1 fully saturated rings. The van der Waals surface area contributed by atoms with Crippen LogP contribution in [0.4, 0.5) is 8.78 Å². The normalized spacial score (nSPS) is 19.1. The molecule has 1 aromatic rings. The van der Waals surface area contributed by atoms with E-state index in [2.05, 4.69) is 5.32 Å². The number of nitrogens with one attached hydrogen (secondary N) is 1. The average molecular weight is 257 g/mol. The Morgan fingerprint density at radius 3 is 3.06 bits per heavy atom. The summed E-state index contributed by atoms with van der Waals surface area (Å²) in [6.45, 7) is 3.42. The second-order valence-corrected chi connectivity index (χ2v) is 4.36. The summed E-state index contributed by atoms with van der Waals surface area (Å²) in [6.07, 6.45) is 1.08. The highest BCUT2D eigenvalue weighted by Crippen LogP contribution is 2.17. The topological polar surface area (TPSA) is 30.5 Å². The average Bonchev–Trinajstić information content (AvgIpc) is 2.86. The van der Waals surface area contributed by atoms with Gasteiger partial charge in [0.15, 0.2) is 11.6 Å². The molecule has 0 aromatic heterocycles. The lowest BCUT2D eigenvalue weighted by molar-refractivity contribution is 0.184. The summed E-state index contributed by atoms with van der Waals surface area (Å²) in [4.78, 5) is 0. The lowest BCUT2D eigenvalue weighted by Gasteiger charge is -2.10. The van der Waals surface area contributed by atoms with Crippen molar-refractivity contribution < 1.29 is 18.3 Å². The van der Waals surface area contributed by atoms with Crippen LogP contribution in [0.5, 0.6) is 5.75 Å². The largest absolute Gasteiger partial charge is 0.489 e. The number of rotatable bonds is 6. The molecule has 0 bridgehead atoms. The molecule has 1 N–H and O–H groups in total. The Morgan fingerprint density at radius 2 is 2.28 bits per heavy atom. The van der Waals surface area contributed by atoms with Gasteiger partial charge in [0.1, 0.15) is 12.4 Å². The highest BCUT2D eigenvalue weighted by Gasteiger charge is 2.14. The van der Waals surface area contributed by atoms with Crippen molar-refractivity contribution in [2.75, 3.05) is 32.9 Å². The smallest absolute Gasteiger partial charge is 0.165 e. The summed E-state index contributed by atoms with van der Waals surface area (Å²) < 4.78 is 36.5. The van der Waals surface area contributed by atoms with E-state index in [1.165, 1.54) is 0 Å². The third kappa shape index (κ3) is 3.92. The summed E-state index contributed by atoms with van der Waals surface area (Å²) in [5.74, 6) is -0.528. The van der Waals surface area contributed by atoms with Crippen LogP contribution in [0.25, 0.3) is 0 Å². The molecule has 1 unspecified atom stereocenters. The number of hydrogen-bond acceptors (Lipinski definition) is 3. The Bertz CT molecular complexity index is 381. The van der Waals surface area contributed by atoms with Crippen molar-refractivity contribution in [1.82, 2.24) is 5.32 Å². The summed E-state index contributed by atoms with van der Waals surface area (Å²) >= 11 is 0. The minimum Gasteiger partial charge on any atom is -0.489 e. The van der Waals surface area contributed by atoms with Gasteiger partial charge in [-0.25, -0.2) is 8.78 Å². The SMILES string of the molecule is Fc1ccc(F)c(OCCNCC2CCOC2)c1. The van der Waals surface area contributed by atoms with E-state index in [9.17, 15) is 8.78 Å². The summed E-state index contributed by atoms with van der Waals surface area (Å²) in [7, 11) is 0. The van der Waals surface area contributed by atoms with Gasteiger partial charge < -0.3 is 14.8 Å². The first-order valence-corrected chi connectivity index (χ1v) is 6.12. The fraction of sp³-hybridized carbons (Fsp3) is 0.538. The Morgan fingerprint density at radius 1 is 1.39 bits per heavy atom. The van der Waals surface area contributed by atoms with Crippen molar-refractivity contribution in [2.24, 2.45) is 5.92 Å². The zero-order valence-corrected chi connectivity index (χ0v) is 10.1. The van der Waals surface area contributed by atoms with Crippen molar-refractivity contribution in [3.8, 4) is 5.75 Å². The molecule has 18 heavy (non-hydrogen) atoms. The van der Waals surface area contributed by atoms with Crippen LogP contribution in [0.15, 0.2) is 18.2 Å². The predicted octanol–water partition coefficient (Wildman–Crippen LogP) is 1.97. The first-order valence-electron chi connectivity index (χ1n) is 6.12. The Kier molecular flexibility index (Phi) is 4.90. The van der Waals surface area contributed by atoms with Gasteiger partial charge in [0.25, 0.3) is 0 Å². The van der Waals surface area contributed by atoms with Crippen LogP contribution in [0.2, 0.25) is 0 Å². The molecule has 3 nitrogen and oxygen atoms in total. The summed E-state index contributed by atoms with van der Waals surface area (Å²) in [6, 6.07) is 3.19. The fourth-order valence-electron chi connectivity index (χ4n) is 1.87. The molecule has 2 rings (SSSR count). The van der Waals surface area contributed by atoms with Gasteiger partial charge in [0.2, 0.25) is 0 Å². The van der Waals surface area contributed by atoms with Crippen LogP contribution >= 0.6 is 0 Å². The molecule has 0 radical (unpaired) electrons. The molecule has 1 aliphatic heterocycles. The van der Waals surface area contributed by atoms with Crippen LogP contribution in [0.3, 0.4) is 0 Å². The molecule has 0 amide bonds. The molecule has 1 heterocycles. The standard InChI is InChI=1S/C13H17F2NO2/c14-11-1-2-12(15)13(7-11)18-6-4-16-8-10-3-5-17-9-10/h1-2,7,10,16H,3-6,8-9H2. The van der Waals surface area contributed by atoms with E-state index in [0.29, 0.717) is 19.1 Å². The lowest BCUT2D eigenvalue weighted by Crippen LogP contribution is -2.27. The fourth-order valence-corrected chi connectivity index (χ4v) is 1.87. The molecule has 0 aliphatic carbocycles. The highest BCUT2D eigenvalue weighted by atomic mass is 19.1. The highest BCUT2D eigenvalue weighted by molar-refractivity contribution is 5.24. The first-order chi connectivity index (χ1) is 8.75. The maximum absolute atomic E-state index is 13.2. The Balaban J connectivity index is 1.64. The van der Waals surface area contributed by atoms with Crippen LogP contribution in [-0.4, -0.2) is 32.9 Å². The summed E-state index contributed by atoms with van der Waals surface area (Å²) in [5.41, 5.74) is 0. The number of benzene rings is 1. The van der Waals surface area contributed by atoms with Crippen LogP contribution in [0.1, 0.15) is 6.42 Å². The molecule has 5 heteroatoms. The third-order valence-corrected chi connectivity index (χ3v) is 2.89. The maximum Gasteiger partial charge on any atom is 0.165 e. The Hall–Kier alpha value is -1.20. The number of ether oxygens (including phenoxy) is 2. The minimum atomic E-state index is -0.541. The van der Waals surface area contributed by atoms with Gasteiger partial charge in [-0.15, -0.1) is 0 Å². The van der Waals surface area contributed by atoms with Gasteiger partial charge in [-0.1, -0.05) is 0 Å². The molecule has 0 spiro atoms. The van der Waals surface area contributed by atoms with Crippen molar-refractivity contribution in [3.05, 3.63) is 29.8 Å².